The molecule has 2 aliphatic carbocycles. The fourth-order valence-corrected chi connectivity index (χ4v) is 6.29. The van der Waals surface area contributed by atoms with E-state index in [0.29, 0.717) is 22.3 Å². The van der Waals surface area contributed by atoms with E-state index >= 15 is 0 Å². The smallest absolute Gasteiger partial charge is 0.318 e. The van der Waals surface area contributed by atoms with Crippen LogP contribution in [0.2, 0.25) is 0 Å². The molecule has 0 amide bonds. The van der Waals surface area contributed by atoms with Gasteiger partial charge in [0.25, 0.3) is 0 Å². The summed E-state index contributed by atoms with van der Waals surface area (Å²) in [5.41, 5.74) is -2.39. The molecule has 5 N–H and O–H groups in total. The fraction of sp³-hybridized carbons (Fsp3) is 0.719. The third-order valence-corrected chi connectivity index (χ3v) is 8.32. The zero-order valence-corrected chi connectivity index (χ0v) is 25.8. The van der Waals surface area contributed by atoms with Crippen molar-refractivity contribution in [1.29, 1.82) is 0 Å². The van der Waals surface area contributed by atoms with Gasteiger partial charge in [-0.1, -0.05) is 114 Å². The van der Waals surface area contributed by atoms with Crippen LogP contribution in [-0.2, 0) is 4.79 Å². The summed E-state index contributed by atoms with van der Waals surface area (Å²) >= 11 is 0. The highest BCUT2D eigenvalue weighted by molar-refractivity contribution is 5.85. The second kappa shape index (κ2) is 9.43. The van der Waals surface area contributed by atoms with E-state index in [-0.39, 0.29) is 6.42 Å². The molecule has 0 heterocycles. The van der Waals surface area contributed by atoms with Crippen molar-refractivity contribution in [2.75, 3.05) is 0 Å². The first-order chi connectivity index (χ1) is 16.7. The van der Waals surface area contributed by atoms with Gasteiger partial charge in [0, 0.05) is 11.8 Å². The van der Waals surface area contributed by atoms with E-state index in [1.165, 1.54) is 0 Å². The summed E-state index contributed by atoms with van der Waals surface area (Å²) in [5, 5.41) is 56.7. The predicted octanol–water partition coefficient (Wildman–Crippen LogP) is 5.98. The van der Waals surface area contributed by atoms with E-state index in [0.717, 1.165) is 0 Å². The van der Waals surface area contributed by atoms with E-state index in [9.17, 15) is 30.3 Å². The lowest BCUT2D eigenvalue weighted by atomic mass is 9.58. The number of carboxylic acids is 1. The molecule has 0 saturated carbocycles. The minimum absolute atomic E-state index is 0.184. The number of hydrogen-bond acceptors (Lipinski definition) is 5. The zero-order valence-electron chi connectivity index (χ0n) is 25.8. The summed E-state index contributed by atoms with van der Waals surface area (Å²) in [4.78, 5) is 13.4. The van der Waals surface area contributed by atoms with E-state index < -0.39 is 56.5 Å². The van der Waals surface area contributed by atoms with E-state index in [1.807, 2.05) is 90.0 Å². The maximum Gasteiger partial charge on any atom is 0.318 e. The van der Waals surface area contributed by atoms with Gasteiger partial charge in [-0.2, -0.15) is 0 Å². The van der Waals surface area contributed by atoms with Crippen LogP contribution >= 0.6 is 0 Å². The second-order valence-corrected chi connectivity index (χ2v) is 15.6. The van der Waals surface area contributed by atoms with E-state index in [4.69, 9.17) is 0 Å². The first kappa shape index (κ1) is 32.5. The first-order valence-corrected chi connectivity index (χ1v) is 13.7. The molecule has 38 heavy (non-hydrogen) atoms. The van der Waals surface area contributed by atoms with Crippen LogP contribution in [0.5, 0.6) is 0 Å². The Labute approximate surface area is 229 Å². The highest BCUT2D eigenvalue weighted by Crippen LogP contribution is 2.56. The Hall–Kier alpha value is -1.73. The molecule has 0 bridgehead atoms. The average molecular weight is 533 g/mol. The van der Waals surface area contributed by atoms with Crippen LogP contribution in [0.15, 0.2) is 46.6 Å². The van der Waals surface area contributed by atoms with Crippen molar-refractivity contribution in [3.63, 3.8) is 0 Å². The predicted molar refractivity (Wildman–Crippen MR) is 152 cm³/mol. The Kier molecular flexibility index (Phi) is 8.06. The molecule has 0 spiro atoms. The lowest BCUT2D eigenvalue weighted by Gasteiger charge is -2.50. The van der Waals surface area contributed by atoms with Gasteiger partial charge in [-0.3, -0.25) is 4.79 Å². The minimum Gasteiger partial charge on any atom is -0.480 e. The molecule has 0 aromatic carbocycles. The van der Waals surface area contributed by atoms with Crippen molar-refractivity contribution in [2.45, 2.75) is 108 Å². The topological polar surface area (TPSA) is 118 Å². The molecular weight excluding hydrogens is 480 g/mol. The Balaban J connectivity index is 3.08. The number of rotatable bonds is 4. The number of hydrogen-bond donors (Lipinski definition) is 5. The van der Waals surface area contributed by atoms with Crippen molar-refractivity contribution >= 4 is 5.97 Å². The van der Waals surface area contributed by atoms with Gasteiger partial charge in [-0.25, -0.2) is 0 Å². The average Bonchev–Trinajstić information content (AvgIpc) is 2.65. The third kappa shape index (κ3) is 5.47. The summed E-state index contributed by atoms with van der Waals surface area (Å²) in [6.07, 6.45) is 6.91. The molecule has 0 fully saturated rings. The summed E-state index contributed by atoms with van der Waals surface area (Å²) in [6.45, 7) is 24.6. The van der Waals surface area contributed by atoms with Crippen LogP contribution in [-0.4, -0.2) is 43.1 Å². The molecule has 6 nitrogen and oxygen atoms in total. The van der Waals surface area contributed by atoms with E-state index in [1.54, 1.807) is 24.3 Å². The molecule has 2 rings (SSSR count). The van der Waals surface area contributed by atoms with Gasteiger partial charge in [-0.15, -0.1) is 0 Å². The van der Waals surface area contributed by atoms with Gasteiger partial charge in [0.05, 0.1) is 0 Å². The van der Waals surface area contributed by atoms with Crippen molar-refractivity contribution in [2.24, 2.45) is 38.9 Å². The number of carbonyl (C=O) groups is 1. The van der Waals surface area contributed by atoms with Gasteiger partial charge >= 0.3 is 5.97 Å². The van der Waals surface area contributed by atoms with E-state index in [2.05, 4.69) is 0 Å². The monoisotopic (exact) mass is 532 g/mol. The quantitative estimate of drug-likeness (QED) is 0.284. The van der Waals surface area contributed by atoms with Gasteiger partial charge in [-0.05, 0) is 50.4 Å². The second-order valence-electron chi connectivity index (χ2n) is 15.6. The van der Waals surface area contributed by atoms with Gasteiger partial charge in [0.15, 0.2) is 11.6 Å². The fourth-order valence-electron chi connectivity index (χ4n) is 6.29. The number of carboxylic acid groups (broad SMARTS) is 1. The Morgan fingerprint density at radius 1 is 0.684 bits per heavy atom. The summed E-state index contributed by atoms with van der Waals surface area (Å²) in [6, 6.07) is 0. The summed E-state index contributed by atoms with van der Waals surface area (Å²) in [7, 11) is 0. The number of aliphatic carboxylic acids is 1. The van der Waals surface area contributed by atoms with Crippen LogP contribution in [0.1, 0.15) is 96.4 Å². The van der Waals surface area contributed by atoms with Crippen LogP contribution in [0.3, 0.4) is 0 Å². The molecule has 216 valence electrons. The molecule has 2 unspecified atom stereocenters. The summed E-state index contributed by atoms with van der Waals surface area (Å²) < 4.78 is 0. The first-order valence-electron chi connectivity index (χ1n) is 13.7. The summed E-state index contributed by atoms with van der Waals surface area (Å²) in [5.74, 6) is -6.95. The van der Waals surface area contributed by atoms with Crippen molar-refractivity contribution in [1.82, 2.24) is 0 Å². The molecule has 0 aliphatic heterocycles. The van der Waals surface area contributed by atoms with Crippen molar-refractivity contribution in [3.8, 4) is 0 Å². The molecule has 2 atom stereocenters. The molecule has 0 saturated heterocycles. The SMILES string of the molecule is CCC(C(=O)O)(C1=CC(C(C)(C)C)C(O)(O)C(C(C)(C)C)=C1)C1=CC(C(C)(C)C)C(O)(O)C(C(C)(C)C)=C1. The molecule has 0 radical (unpaired) electrons. The number of aliphatic hydroxyl groups is 4. The zero-order chi connectivity index (χ0) is 30.1. The Bertz CT molecular complexity index is 993. The van der Waals surface area contributed by atoms with Crippen LogP contribution in [0.25, 0.3) is 0 Å². The van der Waals surface area contributed by atoms with Crippen LogP contribution in [0.4, 0.5) is 0 Å². The largest absolute Gasteiger partial charge is 0.480 e. The van der Waals surface area contributed by atoms with Gasteiger partial charge in [0.2, 0.25) is 0 Å². The van der Waals surface area contributed by atoms with Crippen LogP contribution in [0, 0.1) is 38.9 Å². The lowest BCUT2D eigenvalue weighted by Crippen LogP contribution is -2.52. The Morgan fingerprint density at radius 3 is 1.16 bits per heavy atom. The van der Waals surface area contributed by atoms with Gasteiger partial charge in [0.1, 0.15) is 5.41 Å². The van der Waals surface area contributed by atoms with Crippen LogP contribution < -0.4 is 0 Å². The molecular formula is C32H52O6. The third-order valence-electron chi connectivity index (χ3n) is 8.32. The highest BCUT2D eigenvalue weighted by atomic mass is 16.5. The van der Waals surface area contributed by atoms with Crippen molar-refractivity contribution < 1.29 is 30.3 Å². The van der Waals surface area contributed by atoms with Gasteiger partial charge < -0.3 is 25.5 Å². The molecule has 0 aromatic heterocycles. The molecule has 2 aliphatic rings. The maximum absolute atomic E-state index is 13.4. The normalized spacial score (nSPS) is 26.0. The molecule has 6 heteroatoms. The minimum atomic E-state index is -2.16. The standard InChI is InChI=1S/C32H52O6/c1-14-30(25(33)34,19-15-21(26(2,3)4)31(35,36)22(16-19)27(5,6)7)20-17-23(28(8,9)10)32(37,38)24(18-20)29(11,12)13/h15-18,21,23,35-38H,14H2,1-13H3,(H,33,34). The molecule has 0 aromatic rings. The number of allylic oxidation sites excluding steroid dienone is 2. The maximum atomic E-state index is 13.4. The van der Waals surface area contributed by atoms with Crippen molar-refractivity contribution in [3.05, 3.63) is 46.6 Å². The highest BCUT2D eigenvalue weighted by Gasteiger charge is 2.56. The Morgan fingerprint density at radius 2 is 0.974 bits per heavy atom. The lowest BCUT2D eigenvalue weighted by molar-refractivity contribution is -0.189.